The Kier molecular flexibility index (Phi) is 4.06. The number of benzene rings is 1. The SMILES string of the molecule is COC(=O)c1ccc(C(=O)C(C)Br)c(N)c1. The average molecular weight is 286 g/mol. The van der Waals surface area contributed by atoms with Crippen molar-refractivity contribution in [2.45, 2.75) is 11.8 Å². The molecule has 86 valence electrons. The lowest BCUT2D eigenvalue weighted by atomic mass is 10.0. The fraction of sp³-hybridized carbons (Fsp3) is 0.273. The molecule has 0 aliphatic carbocycles. The Bertz CT molecular complexity index is 429. The van der Waals surface area contributed by atoms with Crippen LogP contribution in [0, 0.1) is 0 Å². The molecule has 0 heterocycles. The van der Waals surface area contributed by atoms with E-state index in [1.807, 2.05) is 0 Å². The molecule has 1 aromatic rings. The van der Waals surface area contributed by atoms with Crippen molar-refractivity contribution in [2.24, 2.45) is 0 Å². The molecule has 0 aromatic heterocycles. The van der Waals surface area contributed by atoms with E-state index in [1.54, 1.807) is 6.92 Å². The first-order chi connectivity index (χ1) is 7.47. The van der Waals surface area contributed by atoms with E-state index in [0.717, 1.165) is 0 Å². The number of carbonyl (C=O) groups is 2. The number of ketones is 1. The van der Waals surface area contributed by atoms with Crippen LogP contribution < -0.4 is 5.73 Å². The summed E-state index contributed by atoms with van der Waals surface area (Å²) in [5.41, 5.74) is 6.71. The minimum Gasteiger partial charge on any atom is -0.465 e. The maximum absolute atomic E-state index is 11.7. The zero-order valence-electron chi connectivity index (χ0n) is 8.99. The van der Waals surface area contributed by atoms with Crippen LogP contribution in [0.5, 0.6) is 0 Å². The van der Waals surface area contributed by atoms with Gasteiger partial charge in [-0.1, -0.05) is 15.9 Å². The van der Waals surface area contributed by atoms with Crippen molar-refractivity contribution in [3.63, 3.8) is 0 Å². The summed E-state index contributed by atoms with van der Waals surface area (Å²) in [5.74, 6) is -0.591. The van der Waals surface area contributed by atoms with Crippen LogP contribution in [-0.2, 0) is 4.74 Å². The molecule has 1 atom stereocenters. The Balaban J connectivity index is 3.10. The number of alkyl halides is 1. The van der Waals surface area contributed by atoms with Gasteiger partial charge < -0.3 is 10.5 Å². The molecule has 0 aliphatic heterocycles. The van der Waals surface area contributed by atoms with Crippen molar-refractivity contribution < 1.29 is 14.3 Å². The lowest BCUT2D eigenvalue weighted by molar-refractivity contribution is 0.0600. The van der Waals surface area contributed by atoms with E-state index >= 15 is 0 Å². The molecule has 0 amide bonds. The molecule has 0 radical (unpaired) electrons. The molecule has 2 N–H and O–H groups in total. The minimum absolute atomic E-state index is 0.117. The molecule has 0 spiro atoms. The number of anilines is 1. The highest BCUT2D eigenvalue weighted by Crippen LogP contribution is 2.19. The third kappa shape index (κ3) is 2.61. The maximum Gasteiger partial charge on any atom is 0.337 e. The quantitative estimate of drug-likeness (QED) is 0.399. The summed E-state index contributed by atoms with van der Waals surface area (Å²) >= 11 is 3.18. The van der Waals surface area contributed by atoms with Crippen LogP contribution in [0.2, 0.25) is 0 Å². The summed E-state index contributed by atoms with van der Waals surface area (Å²) in [4.78, 5) is 22.6. The molecule has 5 heteroatoms. The Morgan fingerprint density at radius 3 is 2.50 bits per heavy atom. The highest BCUT2D eigenvalue weighted by Gasteiger charge is 2.16. The molecule has 1 unspecified atom stereocenters. The molecular weight excluding hydrogens is 274 g/mol. The molecule has 4 nitrogen and oxygen atoms in total. The number of nitrogen functional groups attached to an aromatic ring is 1. The first-order valence-electron chi connectivity index (χ1n) is 4.63. The number of Topliss-reactive ketones (excluding diaryl/α,β-unsaturated/α-hetero) is 1. The summed E-state index contributed by atoms with van der Waals surface area (Å²) in [6, 6.07) is 4.49. The van der Waals surface area contributed by atoms with E-state index in [1.165, 1.54) is 25.3 Å². The van der Waals surface area contributed by atoms with Gasteiger partial charge in [-0.25, -0.2) is 4.79 Å². The molecule has 1 aromatic carbocycles. The number of nitrogens with two attached hydrogens (primary N) is 1. The fourth-order valence-corrected chi connectivity index (χ4v) is 1.49. The van der Waals surface area contributed by atoms with Crippen LogP contribution in [0.15, 0.2) is 18.2 Å². The number of carbonyl (C=O) groups excluding carboxylic acids is 2. The lowest BCUT2D eigenvalue weighted by Gasteiger charge is -2.07. The van der Waals surface area contributed by atoms with Crippen molar-refractivity contribution in [1.29, 1.82) is 0 Å². The summed E-state index contributed by atoms with van der Waals surface area (Å²) in [6.07, 6.45) is 0. The van der Waals surface area contributed by atoms with Crippen molar-refractivity contribution in [1.82, 2.24) is 0 Å². The van der Waals surface area contributed by atoms with E-state index in [2.05, 4.69) is 20.7 Å². The van der Waals surface area contributed by atoms with Gasteiger partial charge in [0.15, 0.2) is 5.78 Å². The van der Waals surface area contributed by atoms with Gasteiger partial charge >= 0.3 is 5.97 Å². The van der Waals surface area contributed by atoms with E-state index in [-0.39, 0.29) is 16.3 Å². The zero-order valence-corrected chi connectivity index (χ0v) is 10.6. The second-order valence-corrected chi connectivity index (χ2v) is 4.65. The summed E-state index contributed by atoms with van der Waals surface area (Å²) in [5, 5.41) is 0. The Morgan fingerprint density at radius 2 is 2.06 bits per heavy atom. The molecule has 0 fully saturated rings. The van der Waals surface area contributed by atoms with Gasteiger partial charge in [0, 0.05) is 11.3 Å². The van der Waals surface area contributed by atoms with Gasteiger partial charge in [-0.15, -0.1) is 0 Å². The van der Waals surface area contributed by atoms with Gasteiger partial charge in [0.2, 0.25) is 0 Å². The number of hydrogen-bond acceptors (Lipinski definition) is 4. The lowest BCUT2D eigenvalue weighted by Crippen LogP contribution is -2.13. The predicted octanol–water partition coefficient (Wildman–Crippen LogP) is 2.02. The third-order valence-corrected chi connectivity index (χ3v) is 2.52. The summed E-state index contributed by atoms with van der Waals surface area (Å²) < 4.78 is 4.55. The third-order valence-electron chi connectivity index (χ3n) is 2.10. The molecule has 0 aliphatic rings. The van der Waals surface area contributed by atoms with Gasteiger partial charge in [-0.05, 0) is 25.1 Å². The van der Waals surface area contributed by atoms with Gasteiger partial charge in [0.25, 0.3) is 0 Å². The zero-order chi connectivity index (χ0) is 12.3. The van der Waals surface area contributed by atoms with Crippen LogP contribution in [0.4, 0.5) is 5.69 Å². The van der Waals surface area contributed by atoms with Gasteiger partial charge in [-0.2, -0.15) is 0 Å². The van der Waals surface area contributed by atoms with Gasteiger partial charge in [0.1, 0.15) is 0 Å². The molecule has 16 heavy (non-hydrogen) atoms. The van der Waals surface area contributed by atoms with Gasteiger partial charge in [-0.3, -0.25) is 4.79 Å². The van der Waals surface area contributed by atoms with Crippen molar-refractivity contribution in [2.75, 3.05) is 12.8 Å². The van der Waals surface area contributed by atoms with Gasteiger partial charge in [0.05, 0.1) is 17.5 Å². The fourth-order valence-electron chi connectivity index (χ4n) is 1.25. The molecule has 0 saturated carbocycles. The van der Waals surface area contributed by atoms with Crippen molar-refractivity contribution in [3.8, 4) is 0 Å². The molecule has 1 rings (SSSR count). The van der Waals surface area contributed by atoms with Crippen LogP contribution in [0.3, 0.4) is 0 Å². The van der Waals surface area contributed by atoms with Crippen LogP contribution in [-0.4, -0.2) is 23.7 Å². The molecular formula is C11H12BrNO3. The van der Waals surface area contributed by atoms with E-state index in [9.17, 15) is 9.59 Å². The largest absolute Gasteiger partial charge is 0.465 e. The smallest absolute Gasteiger partial charge is 0.337 e. The number of rotatable bonds is 3. The Morgan fingerprint density at radius 1 is 1.44 bits per heavy atom. The van der Waals surface area contributed by atoms with Crippen LogP contribution >= 0.6 is 15.9 Å². The number of methoxy groups -OCH3 is 1. The Hall–Kier alpha value is -1.36. The van der Waals surface area contributed by atoms with Crippen LogP contribution in [0.25, 0.3) is 0 Å². The highest BCUT2D eigenvalue weighted by atomic mass is 79.9. The molecule has 0 saturated heterocycles. The van der Waals surface area contributed by atoms with Crippen LogP contribution in [0.1, 0.15) is 27.6 Å². The number of halogens is 1. The van der Waals surface area contributed by atoms with Crippen molar-refractivity contribution >= 4 is 33.4 Å². The maximum atomic E-state index is 11.7. The second-order valence-electron chi connectivity index (χ2n) is 3.27. The Labute approximate surface area is 102 Å². The topological polar surface area (TPSA) is 69.4 Å². The summed E-state index contributed by atoms with van der Waals surface area (Å²) in [7, 11) is 1.29. The average Bonchev–Trinajstić information content (AvgIpc) is 2.26. The van der Waals surface area contributed by atoms with E-state index < -0.39 is 5.97 Å². The van der Waals surface area contributed by atoms with Crippen molar-refractivity contribution in [3.05, 3.63) is 29.3 Å². The van der Waals surface area contributed by atoms with E-state index in [4.69, 9.17) is 5.73 Å². The normalized spacial score (nSPS) is 11.9. The minimum atomic E-state index is -0.474. The first-order valence-corrected chi connectivity index (χ1v) is 5.55. The van der Waals surface area contributed by atoms with E-state index in [0.29, 0.717) is 11.1 Å². The molecule has 0 bridgehead atoms. The predicted molar refractivity (Wildman–Crippen MR) is 64.9 cm³/mol. The second kappa shape index (κ2) is 5.12. The monoisotopic (exact) mass is 285 g/mol. The number of esters is 1. The highest BCUT2D eigenvalue weighted by molar-refractivity contribution is 9.10. The standard InChI is InChI=1S/C11H12BrNO3/c1-6(12)10(14)8-4-3-7(5-9(8)13)11(15)16-2/h3-6H,13H2,1-2H3. The summed E-state index contributed by atoms with van der Waals surface area (Å²) in [6.45, 7) is 1.72. The first kappa shape index (κ1) is 12.7. The number of ether oxygens (including phenoxy) is 1. The number of hydrogen-bond donors (Lipinski definition) is 1.